The molecule has 0 saturated carbocycles. The van der Waals surface area contributed by atoms with Gasteiger partial charge in [0.2, 0.25) is 0 Å². The molecule has 1 saturated heterocycles. The van der Waals surface area contributed by atoms with Crippen LogP contribution in [0.25, 0.3) is 0 Å². The van der Waals surface area contributed by atoms with Gasteiger partial charge in [-0.05, 0) is 46.2 Å². The van der Waals surface area contributed by atoms with Gasteiger partial charge in [0, 0.05) is 12.6 Å². The molecular formula is C13H25N3. The van der Waals surface area contributed by atoms with E-state index in [4.69, 9.17) is 5.26 Å². The Bertz CT molecular complexity index is 258. The van der Waals surface area contributed by atoms with Gasteiger partial charge in [-0.1, -0.05) is 13.3 Å². The molecule has 0 bridgehead atoms. The highest BCUT2D eigenvalue weighted by atomic mass is 15.2. The maximum absolute atomic E-state index is 9.14. The largest absolute Gasteiger partial charge is 0.303 e. The van der Waals surface area contributed by atoms with Crippen molar-refractivity contribution in [2.24, 2.45) is 5.92 Å². The molecule has 1 fully saturated rings. The van der Waals surface area contributed by atoms with Crippen LogP contribution in [0.15, 0.2) is 0 Å². The molecule has 92 valence electrons. The molecule has 3 heteroatoms. The molecule has 0 radical (unpaired) electrons. The number of hydrogen-bond donors (Lipinski definition) is 1. The third-order valence-corrected chi connectivity index (χ3v) is 4.02. The molecule has 0 aromatic rings. The van der Waals surface area contributed by atoms with E-state index in [2.05, 4.69) is 30.1 Å². The molecule has 1 rings (SSSR count). The van der Waals surface area contributed by atoms with E-state index in [0.29, 0.717) is 6.04 Å². The Morgan fingerprint density at radius 1 is 1.62 bits per heavy atom. The maximum atomic E-state index is 9.14. The Morgan fingerprint density at radius 2 is 2.31 bits per heavy atom. The van der Waals surface area contributed by atoms with E-state index in [1.807, 2.05) is 14.0 Å². The first-order valence-electron chi connectivity index (χ1n) is 6.39. The number of hydrogen-bond acceptors (Lipinski definition) is 3. The fraction of sp³-hybridized carbons (Fsp3) is 0.923. The van der Waals surface area contributed by atoms with Crippen molar-refractivity contribution in [1.82, 2.24) is 10.2 Å². The number of nitrogens with zero attached hydrogens (tertiary/aromatic N) is 2. The molecule has 1 aliphatic rings. The lowest BCUT2D eigenvalue weighted by Crippen LogP contribution is -2.45. The zero-order valence-electron chi connectivity index (χ0n) is 11.1. The highest BCUT2D eigenvalue weighted by Gasteiger charge is 2.30. The minimum absolute atomic E-state index is 0.385. The molecular weight excluding hydrogens is 198 g/mol. The average Bonchev–Trinajstić information content (AvgIpc) is 2.77. The van der Waals surface area contributed by atoms with Crippen molar-refractivity contribution >= 4 is 0 Å². The van der Waals surface area contributed by atoms with E-state index in [9.17, 15) is 0 Å². The average molecular weight is 223 g/mol. The van der Waals surface area contributed by atoms with Gasteiger partial charge < -0.3 is 10.2 Å². The Balaban J connectivity index is 2.47. The molecule has 16 heavy (non-hydrogen) atoms. The number of likely N-dealkylation sites (tertiary alicyclic amines) is 1. The minimum Gasteiger partial charge on any atom is -0.303 e. The Hall–Kier alpha value is -0.590. The highest BCUT2D eigenvalue weighted by molar-refractivity contribution is 5.05. The van der Waals surface area contributed by atoms with Crippen LogP contribution in [0, 0.1) is 17.2 Å². The van der Waals surface area contributed by atoms with Crippen molar-refractivity contribution in [2.75, 3.05) is 20.1 Å². The maximum Gasteiger partial charge on any atom is 0.105 e. The molecule has 3 nitrogen and oxygen atoms in total. The van der Waals surface area contributed by atoms with Gasteiger partial charge in [0.1, 0.15) is 5.54 Å². The van der Waals surface area contributed by atoms with E-state index in [1.54, 1.807) is 0 Å². The van der Waals surface area contributed by atoms with Crippen molar-refractivity contribution in [3.8, 4) is 6.07 Å². The summed E-state index contributed by atoms with van der Waals surface area (Å²) in [5, 5.41) is 12.3. The molecule has 1 aliphatic heterocycles. The van der Waals surface area contributed by atoms with Gasteiger partial charge >= 0.3 is 0 Å². The smallest absolute Gasteiger partial charge is 0.105 e. The van der Waals surface area contributed by atoms with Gasteiger partial charge in [-0.2, -0.15) is 5.26 Å². The standard InChI is InChI=1S/C13H25N3/c1-5-12-6-7-16(9-12)11(2)8-13(3,10-14)15-4/h11-12,15H,5-9H2,1-4H3. The molecule has 3 unspecified atom stereocenters. The van der Waals surface area contributed by atoms with E-state index in [-0.39, 0.29) is 5.54 Å². The predicted molar refractivity (Wildman–Crippen MR) is 67.1 cm³/mol. The van der Waals surface area contributed by atoms with Gasteiger partial charge in [0.15, 0.2) is 0 Å². The second-order valence-corrected chi connectivity index (χ2v) is 5.30. The Labute approximate surface area is 99.8 Å². The van der Waals surface area contributed by atoms with Crippen LogP contribution in [0.5, 0.6) is 0 Å². The van der Waals surface area contributed by atoms with Gasteiger partial charge in [-0.25, -0.2) is 0 Å². The Morgan fingerprint density at radius 3 is 2.75 bits per heavy atom. The molecule has 0 amide bonds. The van der Waals surface area contributed by atoms with E-state index in [0.717, 1.165) is 12.3 Å². The van der Waals surface area contributed by atoms with Crippen molar-refractivity contribution in [3.05, 3.63) is 0 Å². The van der Waals surface area contributed by atoms with Gasteiger partial charge in [0.25, 0.3) is 0 Å². The van der Waals surface area contributed by atoms with Gasteiger partial charge in [0.05, 0.1) is 6.07 Å². The van der Waals surface area contributed by atoms with Crippen molar-refractivity contribution in [2.45, 2.75) is 51.6 Å². The zero-order chi connectivity index (χ0) is 12.2. The zero-order valence-corrected chi connectivity index (χ0v) is 11.1. The first-order chi connectivity index (χ1) is 7.54. The SMILES string of the molecule is CCC1CCN(C(C)CC(C)(C#N)NC)C1. The quantitative estimate of drug-likeness (QED) is 0.775. The van der Waals surface area contributed by atoms with Gasteiger partial charge in [-0.15, -0.1) is 0 Å². The third-order valence-electron chi connectivity index (χ3n) is 4.02. The molecule has 3 atom stereocenters. The molecule has 0 aliphatic carbocycles. The fourth-order valence-corrected chi connectivity index (χ4v) is 2.52. The van der Waals surface area contributed by atoms with Crippen molar-refractivity contribution < 1.29 is 0 Å². The van der Waals surface area contributed by atoms with Crippen LogP contribution in [0.3, 0.4) is 0 Å². The summed E-state index contributed by atoms with van der Waals surface area (Å²) in [5.74, 6) is 0.866. The van der Waals surface area contributed by atoms with Crippen LogP contribution in [-0.2, 0) is 0 Å². The van der Waals surface area contributed by atoms with Crippen molar-refractivity contribution in [3.63, 3.8) is 0 Å². The molecule has 0 spiro atoms. The summed E-state index contributed by atoms with van der Waals surface area (Å²) in [6.07, 6.45) is 3.50. The van der Waals surface area contributed by atoms with Crippen LogP contribution in [0.2, 0.25) is 0 Å². The monoisotopic (exact) mass is 223 g/mol. The molecule has 0 aromatic carbocycles. The minimum atomic E-state index is -0.385. The summed E-state index contributed by atoms with van der Waals surface area (Å²) in [6.45, 7) is 8.90. The third kappa shape index (κ3) is 3.20. The van der Waals surface area contributed by atoms with Gasteiger partial charge in [-0.3, -0.25) is 0 Å². The van der Waals surface area contributed by atoms with E-state index in [1.165, 1.54) is 25.9 Å². The van der Waals surface area contributed by atoms with Crippen LogP contribution < -0.4 is 5.32 Å². The summed E-state index contributed by atoms with van der Waals surface area (Å²) in [6, 6.07) is 2.86. The van der Waals surface area contributed by atoms with Crippen LogP contribution in [-0.4, -0.2) is 36.6 Å². The Kier molecular flexibility index (Phi) is 4.76. The lowest BCUT2D eigenvalue weighted by molar-refractivity contribution is 0.209. The highest BCUT2D eigenvalue weighted by Crippen LogP contribution is 2.24. The summed E-state index contributed by atoms with van der Waals surface area (Å²) < 4.78 is 0. The predicted octanol–water partition coefficient (Wildman–Crippen LogP) is 2.00. The van der Waals surface area contributed by atoms with Crippen LogP contribution >= 0.6 is 0 Å². The normalized spacial score (nSPS) is 27.3. The molecule has 1 N–H and O–H groups in total. The summed E-state index contributed by atoms with van der Waals surface area (Å²) in [5.41, 5.74) is -0.385. The topological polar surface area (TPSA) is 39.1 Å². The van der Waals surface area contributed by atoms with E-state index >= 15 is 0 Å². The second kappa shape index (κ2) is 5.65. The summed E-state index contributed by atoms with van der Waals surface area (Å²) >= 11 is 0. The summed E-state index contributed by atoms with van der Waals surface area (Å²) in [7, 11) is 1.87. The van der Waals surface area contributed by atoms with Crippen LogP contribution in [0.1, 0.15) is 40.0 Å². The van der Waals surface area contributed by atoms with Crippen molar-refractivity contribution in [1.29, 1.82) is 5.26 Å². The molecule has 0 aromatic heterocycles. The number of rotatable bonds is 5. The second-order valence-electron chi connectivity index (χ2n) is 5.30. The number of nitriles is 1. The van der Waals surface area contributed by atoms with E-state index < -0.39 is 0 Å². The fourth-order valence-electron chi connectivity index (χ4n) is 2.52. The lowest BCUT2D eigenvalue weighted by Gasteiger charge is -2.30. The summed E-state index contributed by atoms with van der Waals surface area (Å²) in [4.78, 5) is 2.53. The first-order valence-corrected chi connectivity index (χ1v) is 6.39. The lowest BCUT2D eigenvalue weighted by atomic mass is 9.95. The first kappa shape index (κ1) is 13.5. The molecule has 1 heterocycles. The number of nitrogens with one attached hydrogen (secondary N) is 1. The van der Waals surface area contributed by atoms with Crippen LogP contribution in [0.4, 0.5) is 0 Å².